The van der Waals surface area contributed by atoms with Crippen molar-refractivity contribution in [2.45, 2.75) is 19.4 Å². The van der Waals surface area contributed by atoms with Gasteiger partial charge in [-0.3, -0.25) is 4.90 Å². The summed E-state index contributed by atoms with van der Waals surface area (Å²) < 4.78 is 0.954. The van der Waals surface area contributed by atoms with Crippen molar-refractivity contribution < 1.29 is 0 Å². The van der Waals surface area contributed by atoms with E-state index < -0.39 is 0 Å². The fourth-order valence-electron chi connectivity index (χ4n) is 2.41. The molecule has 4 heteroatoms. The van der Waals surface area contributed by atoms with E-state index in [1.807, 2.05) is 12.3 Å². The molecule has 1 aliphatic rings. The highest BCUT2D eigenvalue weighted by molar-refractivity contribution is 9.10. The monoisotopic (exact) mass is 309 g/mol. The number of halogens is 1. The summed E-state index contributed by atoms with van der Waals surface area (Å²) in [6.45, 7) is 10.4. The topological polar surface area (TPSA) is 28.2 Å². The van der Waals surface area contributed by atoms with Gasteiger partial charge in [-0.2, -0.15) is 0 Å². The lowest BCUT2D eigenvalue weighted by Crippen LogP contribution is -2.45. The Morgan fingerprint density at radius 2 is 2.28 bits per heavy atom. The first kappa shape index (κ1) is 13.7. The van der Waals surface area contributed by atoms with Gasteiger partial charge < -0.3 is 5.32 Å². The summed E-state index contributed by atoms with van der Waals surface area (Å²) in [5.74, 6) is 0. The molecule has 2 heterocycles. The van der Waals surface area contributed by atoms with Gasteiger partial charge in [-0.25, -0.2) is 4.98 Å². The number of nitrogens with one attached hydrogen (secondary N) is 1. The van der Waals surface area contributed by atoms with Crippen LogP contribution in [0.25, 0.3) is 0 Å². The zero-order chi connectivity index (χ0) is 13.0. The summed E-state index contributed by atoms with van der Waals surface area (Å²) in [4.78, 5) is 6.87. The van der Waals surface area contributed by atoms with Gasteiger partial charge in [-0.1, -0.05) is 11.6 Å². The van der Waals surface area contributed by atoms with Crippen molar-refractivity contribution in [2.24, 2.45) is 0 Å². The molecule has 2 rings (SSSR count). The molecule has 0 aliphatic carbocycles. The van der Waals surface area contributed by atoms with Gasteiger partial charge >= 0.3 is 0 Å². The van der Waals surface area contributed by atoms with Crippen LogP contribution in [-0.2, 0) is 0 Å². The van der Waals surface area contributed by atoms with E-state index in [-0.39, 0.29) is 0 Å². The second kappa shape index (κ2) is 6.45. The van der Waals surface area contributed by atoms with Crippen LogP contribution < -0.4 is 5.32 Å². The molecule has 98 valence electrons. The highest BCUT2D eigenvalue weighted by Crippen LogP contribution is 2.31. The third-order valence-corrected chi connectivity index (χ3v) is 3.94. The smallest absolute Gasteiger partial charge is 0.110 e. The molecule has 0 saturated carbocycles. The third-order valence-electron chi connectivity index (χ3n) is 3.28. The molecule has 1 aliphatic heterocycles. The Hall–Kier alpha value is -0.710. The molecule has 1 aromatic rings. The van der Waals surface area contributed by atoms with E-state index in [0.717, 1.165) is 37.2 Å². The van der Waals surface area contributed by atoms with Crippen molar-refractivity contribution in [3.05, 3.63) is 40.6 Å². The second-order valence-electron chi connectivity index (χ2n) is 4.85. The molecule has 0 aromatic carbocycles. The van der Waals surface area contributed by atoms with Crippen LogP contribution in [-0.4, -0.2) is 36.1 Å². The molecule has 0 bridgehead atoms. The Morgan fingerprint density at radius 1 is 1.56 bits per heavy atom. The second-order valence-corrected chi connectivity index (χ2v) is 5.60. The lowest BCUT2D eigenvalue weighted by molar-refractivity contribution is 0.171. The molecule has 0 amide bonds. The van der Waals surface area contributed by atoms with Gasteiger partial charge in [0.2, 0.25) is 0 Å². The van der Waals surface area contributed by atoms with Crippen LogP contribution in [0.4, 0.5) is 0 Å². The average molecular weight is 310 g/mol. The standard InChI is InChI=1S/C14H20BrN3/c1-11(2)10-13(18-8-6-16-7-9-18)12-4-3-5-17-14(12)15/h3-5,13,16H,1,6-10H2,2H3/t13-/m0/s1. The lowest BCUT2D eigenvalue weighted by Gasteiger charge is -2.35. The van der Waals surface area contributed by atoms with Crippen molar-refractivity contribution in [3.63, 3.8) is 0 Å². The summed E-state index contributed by atoms with van der Waals surface area (Å²) >= 11 is 3.57. The van der Waals surface area contributed by atoms with E-state index in [1.54, 1.807) is 0 Å². The highest BCUT2D eigenvalue weighted by Gasteiger charge is 2.23. The number of hydrogen-bond donors (Lipinski definition) is 1. The van der Waals surface area contributed by atoms with Gasteiger partial charge in [0.25, 0.3) is 0 Å². The Balaban J connectivity index is 2.24. The van der Waals surface area contributed by atoms with E-state index in [2.05, 4.69) is 50.7 Å². The van der Waals surface area contributed by atoms with Gasteiger partial charge in [0.15, 0.2) is 0 Å². The van der Waals surface area contributed by atoms with Gasteiger partial charge in [0, 0.05) is 44.0 Å². The molecule has 1 aromatic heterocycles. The van der Waals surface area contributed by atoms with Crippen LogP contribution >= 0.6 is 15.9 Å². The molecule has 3 nitrogen and oxygen atoms in total. The summed E-state index contributed by atoms with van der Waals surface area (Å²) in [6.07, 6.45) is 2.81. The number of aromatic nitrogens is 1. The summed E-state index contributed by atoms with van der Waals surface area (Å²) in [6, 6.07) is 4.55. The van der Waals surface area contributed by atoms with Crippen LogP contribution in [0, 0.1) is 0 Å². The van der Waals surface area contributed by atoms with E-state index in [1.165, 1.54) is 11.1 Å². The Labute approximate surface area is 117 Å². The summed E-state index contributed by atoms with van der Waals surface area (Å²) in [5, 5.41) is 3.40. The highest BCUT2D eigenvalue weighted by atomic mass is 79.9. The molecule has 1 N–H and O–H groups in total. The summed E-state index contributed by atoms with van der Waals surface area (Å²) in [7, 11) is 0. The molecule has 1 fully saturated rings. The quantitative estimate of drug-likeness (QED) is 0.685. The van der Waals surface area contributed by atoms with Crippen molar-refractivity contribution in [2.75, 3.05) is 26.2 Å². The first-order chi connectivity index (χ1) is 8.68. The van der Waals surface area contributed by atoms with Gasteiger partial charge in [0.05, 0.1) is 0 Å². The van der Waals surface area contributed by atoms with Crippen LogP contribution in [0.15, 0.2) is 35.1 Å². The van der Waals surface area contributed by atoms with E-state index in [9.17, 15) is 0 Å². The van der Waals surface area contributed by atoms with Crippen LogP contribution in [0.3, 0.4) is 0 Å². The van der Waals surface area contributed by atoms with Crippen molar-refractivity contribution in [1.29, 1.82) is 0 Å². The number of hydrogen-bond acceptors (Lipinski definition) is 3. The maximum atomic E-state index is 4.35. The van der Waals surface area contributed by atoms with Crippen molar-refractivity contribution in [1.82, 2.24) is 15.2 Å². The Bertz CT molecular complexity index is 413. The lowest BCUT2D eigenvalue weighted by atomic mass is 9.99. The van der Waals surface area contributed by atoms with Crippen molar-refractivity contribution >= 4 is 15.9 Å². The number of pyridine rings is 1. The van der Waals surface area contributed by atoms with E-state index in [4.69, 9.17) is 0 Å². The minimum atomic E-state index is 0.382. The maximum absolute atomic E-state index is 4.35. The Kier molecular flexibility index (Phi) is 4.92. The molecule has 0 unspecified atom stereocenters. The maximum Gasteiger partial charge on any atom is 0.110 e. The van der Waals surface area contributed by atoms with E-state index >= 15 is 0 Å². The van der Waals surface area contributed by atoms with E-state index in [0.29, 0.717) is 6.04 Å². The SMILES string of the molecule is C=C(C)C[C@@H](c1cccnc1Br)N1CCNCC1. The zero-order valence-corrected chi connectivity index (χ0v) is 12.4. The summed E-state index contributed by atoms with van der Waals surface area (Å²) in [5.41, 5.74) is 2.48. The van der Waals surface area contributed by atoms with Crippen LogP contribution in [0.1, 0.15) is 24.9 Å². The number of nitrogens with zero attached hydrogens (tertiary/aromatic N) is 2. The van der Waals surface area contributed by atoms with Gasteiger partial charge in [-0.05, 0) is 35.3 Å². The van der Waals surface area contributed by atoms with Crippen LogP contribution in [0.5, 0.6) is 0 Å². The first-order valence-electron chi connectivity index (χ1n) is 6.38. The number of piperazine rings is 1. The molecule has 18 heavy (non-hydrogen) atoms. The fourth-order valence-corrected chi connectivity index (χ4v) is 2.92. The minimum Gasteiger partial charge on any atom is -0.314 e. The van der Waals surface area contributed by atoms with Gasteiger partial charge in [0.1, 0.15) is 4.60 Å². The number of rotatable bonds is 4. The molecule has 0 spiro atoms. The predicted molar refractivity (Wildman–Crippen MR) is 78.6 cm³/mol. The Morgan fingerprint density at radius 3 is 2.89 bits per heavy atom. The zero-order valence-electron chi connectivity index (χ0n) is 10.8. The molecular weight excluding hydrogens is 290 g/mol. The molecule has 1 saturated heterocycles. The first-order valence-corrected chi connectivity index (χ1v) is 7.17. The average Bonchev–Trinajstić information content (AvgIpc) is 2.38. The predicted octanol–water partition coefficient (Wildman–Crippen LogP) is 2.76. The minimum absolute atomic E-state index is 0.382. The van der Waals surface area contributed by atoms with Gasteiger partial charge in [-0.15, -0.1) is 6.58 Å². The molecular formula is C14H20BrN3. The normalized spacial score (nSPS) is 18.6. The molecule has 1 atom stereocenters. The van der Waals surface area contributed by atoms with Crippen molar-refractivity contribution in [3.8, 4) is 0 Å². The van der Waals surface area contributed by atoms with Crippen LogP contribution in [0.2, 0.25) is 0 Å². The third kappa shape index (κ3) is 3.40. The fraction of sp³-hybridized carbons (Fsp3) is 0.500. The largest absolute Gasteiger partial charge is 0.314 e. The molecule has 0 radical (unpaired) electrons.